The Labute approximate surface area is 63.3 Å². The molecule has 2 fully saturated rings. The van der Waals surface area contributed by atoms with Crippen LogP contribution in [0.1, 0.15) is 33.1 Å². The predicted molar refractivity (Wildman–Crippen MR) is 43.8 cm³/mol. The lowest BCUT2D eigenvalue weighted by atomic mass is 9.84. The molecule has 2 aliphatic rings. The first kappa shape index (κ1) is 6.45. The second-order valence-electron chi connectivity index (χ2n) is 3.93. The third-order valence-electron chi connectivity index (χ3n) is 3.16. The molecule has 0 heterocycles. The third kappa shape index (κ3) is 0.902. The lowest BCUT2D eigenvalue weighted by Gasteiger charge is -2.21. The maximum absolute atomic E-state index is 2.51. The first-order chi connectivity index (χ1) is 4.81. The lowest BCUT2D eigenvalue weighted by molar-refractivity contribution is 0.355. The van der Waals surface area contributed by atoms with Crippen molar-refractivity contribution >= 4 is 0 Å². The third-order valence-corrected chi connectivity index (χ3v) is 3.16. The molecule has 0 radical (unpaired) electrons. The molecule has 0 aromatic carbocycles. The van der Waals surface area contributed by atoms with Gasteiger partial charge in [0, 0.05) is 0 Å². The highest BCUT2D eigenvalue weighted by atomic mass is 14.6. The summed E-state index contributed by atoms with van der Waals surface area (Å²) in [5, 5.41) is 0. The van der Waals surface area contributed by atoms with E-state index in [1.807, 2.05) is 0 Å². The van der Waals surface area contributed by atoms with E-state index in [4.69, 9.17) is 0 Å². The van der Waals surface area contributed by atoms with Crippen molar-refractivity contribution in [1.29, 1.82) is 0 Å². The van der Waals surface area contributed by atoms with Gasteiger partial charge in [-0.1, -0.05) is 18.6 Å². The van der Waals surface area contributed by atoms with Crippen LogP contribution in [0.4, 0.5) is 0 Å². The van der Waals surface area contributed by atoms with Crippen LogP contribution in [0.2, 0.25) is 0 Å². The Bertz CT molecular complexity index is 167. The summed E-state index contributed by atoms with van der Waals surface area (Å²) < 4.78 is 0. The Kier molecular flexibility index (Phi) is 1.36. The molecule has 0 aromatic rings. The summed E-state index contributed by atoms with van der Waals surface area (Å²) in [5.74, 6) is 3.28. The zero-order valence-corrected chi connectivity index (χ0v) is 6.93. The van der Waals surface area contributed by atoms with Gasteiger partial charge in [0.05, 0.1) is 0 Å². The van der Waals surface area contributed by atoms with E-state index in [0.29, 0.717) is 0 Å². The number of rotatable bonds is 2. The molecular weight excluding hydrogens is 120 g/mol. The van der Waals surface area contributed by atoms with Crippen molar-refractivity contribution in [3.8, 4) is 0 Å². The van der Waals surface area contributed by atoms with Gasteiger partial charge >= 0.3 is 0 Å². The molecule has 3 unspecified atom stereocenters. The van der Waals surface area contributed by atoms with Gasteiger partial charge in [-0.25, -0.2) is 0 Å². The highest BCUT2D eigenvalue weighted by Gasteiger charge is 2.51. The van der Waals surface area contributed by atoms with Crippen LogP contribution < -0.4 is 0 Å². The van der Waals surface area contributed by atoms with Crippen LogP contribution in [-0.2, 0) is 0 Å². The molecule has 2 saturated carbocycles. The fraction of sp³-hybridized carbons (Fsp3) is 0.800. The van der Waals surface area contributed by atoms with Crippen molar-refractivity contribution in [3.05, 3.63) is 11.6 Å². The summed E-state index contributed by atoms with van der Waals surface area (Å²) in [4.78, 5) is 0. The first-order valence-corrected chi connectivity index (χ1v) is 4.48. The van der Waals surface area contributed by atoms with Crippen LogP contribution in [0.5, 0.6) is 0 Å². The second-order valence-corrected chi connectivity index (χ2v) is 3.93. The van der Waals surface area contributed by atoms with E-state index >= 15 is 0 Å². The van der Waals surface area contributed by atoms with Crippen LogP contribution in [0.15, 0.2) is 11.6 Å². The Morgan fingerprint density at radius 2 is 2.30 bits per heavy atom. The summed E-state index contributed by atoms with van der Waals surface area (Å²) >= 11 is 0. The summed E-state index contributed by atoms with van der Waals surface area (Å²) in [5.41, 5.74) is 1.59. The van der Waals surface area contributed by atoms with Crippen LogP contribution in [0.25, 0.3) is 0 Å². The molecule has 0 saturated heterocycles. The standard InChI is InChI=1S/C10H16/c1-3-7(2)4-8-5-9-6-10(8)9/h4,8-10H,3,5-6H2,1-2H3. The summed E-state index contributed by atoms with van der Waals surface area (Å²) in [6, 6.07) is 0. The average molecular weight is 136 g/mol. The van der Waals surface area contributed by atoms with Crippen molar-refractivity contribution in [1.82, 2.24) is 0 Å². The molecule has 2 rings (SSSR count). The minimum absolute atomic E-state index is 0.991. The van der Waals surface area contributed by atoms with Gasteiger partial charge in [0.15, 0.2) is 0 Å². The number of hydrogen-bond acceptors (Lipinski definition) is 0. The lowest BCUT2D eigenvalue weighted by Crippen LogP contribution is -2.12. The molecule has 0 aliphatic heterocycles. The number of fused-ring (bicyclic) bond motifs is 1. The van der Waals surface area contributed by atoms with Crippen molar-refractivity contribution in [2.24, 2.45) is 17.8 Å². The SMILES string of the molecule is CCC(C)=CC1CC2CC12. The van der Waals surface area contributed by atoms with E-state index in [-0.39, 0.29) is 0 Å². The topological polar surface area (TPSA) is 0 Å². The van der Waals surface area contributed by atoms with Gasteiger partial charge in [-0.15, -0.1) is 0 Å². The quantitative estimate of drug-likeness (QED) is 0.512. The molecule has 0 spiro atoms. The van der Waals surface area contributed by atoms with Gasteiger partial charge in [0.2, 0.25) is 0 Å². The van der Waals surface area contributed by atoms with E-state index in [1.54, 1.807) is 5.57 Å². The second kappa shape index (κ2) is 2.11. The molecule has 0 bridgehead atoms. The van der Waals surface area contributed by atoms with Gasteiger partial charge in [-0.05, 0) is 43.9 Å². The van der Waals surface area contributed by atoms with Crippen LogP contribution in [0.3, 0.4) is 0 Å². The van der Waals surface area contributed by atoms with E-state index < -0.39 is 0 Å². The summed E-state index contributed by atoms with van der Waals surface area (Å²) in [7, 11) is 0. The Morgan fingerprint density at radius 3 is 2.70 bits per heavy atom. The van der Waals surface area contributed by atoms with Gasteiger partial charge < -0.3 is 0 Å². The monoisotopic (exact) mass is 136 g/mol. The predicted octanol–water partition coefficient (Wildman–Crippen LogP) is 3.00. The Morgan fingerprint density at radius 1 is 1.50 bits per heavy atom. The van der Waals surface area contributed by atoms with E-state index in [1.165, 1.54) is 19.3 Å². The average Bonchev–Trinajstić information content (AvgIpc) is 2.56. The van der Waals surface area contributed by atoms with Crippen LogP contribution >= 0.6 is 0 Å². The molecule has 0 heteroatoms. The van der Waals surface area contributed by atoms with Crippen molar-refractivity contribution in [2.45, 2.75) is 33.1 Å². The van der Waals surface area contributed by atoms with Crippen LogP contribution in [0, 0.1) is 17.8 Å². The van der Waals surface area contributed by atoms with Gasteiger partial charge in [-0.3, -0.25) is 0 Å². The minimum Gasteiger partial charge on any atom is -0.0822 e. The Balaban J connectivity index is 1.89. The highest BCUT2D eigenvalue weighted by Crippen LogP contribution is 2.60. The number of hydrogen-bond donors (Lipinski definition) is 0. The molecule has 0 N–H and O–H groups in total. The maximum Gasteiger partial charge on any atom is -0.0197 e. The van der Waals surface area contributed by atoms with Gasteiger partial charge in [0.25, 0.3) is 0 Å². The van der Waals surface area contributed by atoms with E-state index in [9.17, 15) is 0 Å². The first-order valence-electron chi connectivity index (χ1n) is 4.48. The molecule has 0 amide bonds. The molecular formula is C10H16. The molecule has 56 valence electrons. The van der Waals surface area contributed by atoms with E-state index in [0.717, 1.165) is 17.8 Å². The number of allylic oxidation sites excluding steroid dienone is 2. The summed E-state index contributed by atoms with van der Waals surface area (Å²) in [6.45, 7) is 4.50. The molecule has 0 nitrogen and oxygen atoms in total. The molecule has 3 atom stereocenters. The van der Waals surface area contributed by atoms with Gasteiger partial charge in [0.1, 0.15) is 0 Å². The largest absolute Gasteiger partial charge is 0.0822 e. The molecule has 0 aromatic heterocycles. The van der Waals surface area contributed by atoms with E-state index in [2.05, 4.69) is 19.9 Å². The van der Waals surface area contributed by atoms with Crippen molar-refractivity contribution in [2.75, 3.05) is 0 Å². The maximum atomic E-state index is 2.51. The Hall–Kier alpha value is -0.260. The zero-order chi connectivity index (χ0) is 7.14. The smallest absolute Gasteiger partial charge is 0.0197 e. The fourth-order valence-electron chi connectivity index (χ4n) is 2.07. The van der Waals surface area contributed by atoms with Gasteiger partial charge in [-0.2, -0.15) is 0 Å². The normalized spacial score (nSPS) is 44.2. The fourth-order valence-corrected chi connectivity index (χ4v) is 2.07. The van der Waals surface area contributed by atoms with Crippen molar-refractivity contribution < 1.29 is 0 Å². The van der Waals surface area contributed by atoms with Crippen LogP contribution in [-0.4, -0.2) is 0 Å². The summed E-state index contributed by atoms with van der Waals surface area (Å²) in [6.07, 6.45) is 6.79. The van der Waals surface area contributed by atoms with Crippen molar-refractivity contribution in [3.63, 3.8) is 0 Å². The molecule has 2 aliphatic carbocycles. The zero-order valence-electron chi connectivity index (χ0n) is 6.93. The highest BCUT2D eigenvalue weighted by molar-refractivity contribution is 5.13. The minimum atomic E-state index is 0.991. The molecule has 10 heavy (non-hydrogen) atoms.